The zero-order valence-corrected chi connectivity index (χ0v) is 11.9. The van der Waals surface area contributed by atoms with Gasteiger partial charge in [0, 0.05) is 25.6 Å². The molecule has 1 fully saturated rings. The molecule has 0 aromatic heterocycles. The maximum atomic E-state index is 11.5. The fraction of sp³-hybridized carbons (Fsp3) is 0.769. The summed E-state index contributed by atoms with van der Waals surface area (Å²) in [5.74, 6) is -0.208. The number of rotatable bonds is 5. The number of likely N-dealkylation sites (tertiary alicyclic amines) is 1. The summed E-state index contributed by atoms with van der Waals surface area (Å²) >= 11 is 0. The van der Waals surface area contributed by atoms with Crippen molar-refractivity contribution >= 4 is 12.1 Å². The first-order valence-corrected chi connectivity index (χ1v) is 6.68. The molecule has 2 unspecified atom stereocenters. The Hall–Kier alpha value is -1.81. The molecule has 2 atom stereocenters. The van der Waals surface area contributed by atoms with Crippen LogP contribution in [0.4, 0.5) is 4.79 Å². The molecule has 1 saturated heterocycles. The monoisotopic (exact) mass is 283 g/mol. The van der Waals surface area contributed by atoms with Gasteiger partial charge in [-0.15, -0.1) is 0 Å². The van der Waals surface area contributed by atoms with Crippen LogP contribution >= 0.6 is 0 Å². The Kier molecular flexibility index (Phi) is 6.81. The SMILES string of the molecule is CCOC(=O)NC1CC(CC(=O)OC)CN(CC#N)C1. The van der Waals surface area contributed by atoms with Crippen molar-refractivity contribution in [2.45, 2.75) is 25.8 Å². The van der Waals surface area contributed by atoms with Crippen molar-refractivity contribution in [3.05, 3.63) is 0 Å². The molecule has 0 radical (unpaired) electrons. The van der Waals surface area contributed by atoms with Gasteiger partial charge in [-0.2, -0.15) is 5.26 Å². The molecule has 20 heavy (non-hydrogen) atoms. The van der Waals surface area contributed by atoms with Gasteiger partial charge in [0.1, 0.15) is 0 Å². The van der Waals surface area contributed by atoms with Gasteiger partial charge in [-0.1, -0.05) is 0 Å². The van der Waals surface area contributed by atoms with Crippen molar-refractivity contribution in [3.8, 4) is 6.07 Å². The maximum absolute atomic E-state index is 11.5. The van der Waals surface area contributed by atoms with E-state index in [1.54, 1.807) is 6.92 Å². The summed E-state index contributed by atoms with van der Waals surface area (Å²) in [5, 5.41) is 11.6. The van der Waals surface area contributed by atoms with Crippen molar-refractivity contribution in [1.82, 2.24) is 10.2 Å². The average molecular weight is 283 g/mol. The van der Waals surface area contributed by atoms with Gasteiger partial charge in [-0.05, 0) is 19.3 Å². The van der Waals surface area contributed by atoms with Crippen LogP contribution in [0.25, 0.3) is 0 Å². The standard InChI is InChI=1S/C13H21N3O4/c1-3-20-13(18)15-11-6-10(7-12(17)19-2)8-16(9-11)5-4-14/h10-11H,3,5-9H2,1-2H3,(H,15,18). The molecule has 1 N–H and O–H groups in total. The number of esters is 1. The minimum Gasteiger partial charge on any atom is -0.469 e. The minimum absolute atomic E-state index is 0.0662. The number of carbonyl (C=O) groups is 2. The molecular weight excluding hydrogens is 262 g/mol. The zero-order chi connectivity index (χ0) is 15.0. The minimum atomic E-state index is -0.465. The Morgan fingerprint density at radius 2 is 2.20 bits per heavy atom. The number of hydrogen-bond donors (Lipinski definition) is 1. The molecule has 0 spiro atoms. The molecule has 7 heteroatoms. The molecule has 0 bridgehead atoms. The number of hydrogen-bond acceptors (Lipinski definition) is 6. The van der Waals surface area contributed by atoms with Crippen LogP contribution in [-0.2, 0) is 14.3 Å². The molecule has 0 saturated carbocycles. The Labute approximate surface area is 118 Å². The zero-order valence-electron chi connectivity index (χ0n) is 11.9. The fourth-order valence-electron chi connectivity index (χ4n) is 2.44. The first-order chi connectivity index (χ1) is 9.58. The third-order valence-corrected chi connectivity index (χ3v) is 3.19. The van der Waals surface area contributed by atoms with Crippen LogP contribution < -0.4 is 5.32 Å². The Bertz CT molecular complexity index is 380. The van der Waals surface area contributed by atoms with Gasteiger partial charge in [0.25, 0.3) is 0 Å². The summed E-state index contributed by atoms with van der Waals surface area (Å²) in [6.07, 6.45) is 0.503. The van der Waals surface area contributed by atoms with Crippen LogP contribution in [0.3, 0.4) is 0 Å². The van der Waals surface area contributed by atoms with Crippen LogP contribution in [0, 0.1) is 17.2 Å². The van der Waals surface area contributed by atoms with Gasteiger partial charge >= 0.3 is 12.1 Å². The predicted molar refractivity (Wildman–Crippen MR) is 70.7 cm³/mol. The summed E-state index contributed by atoms with van der Waals surface area (Å²) in [5.41, 5.74) is 0. The highest BCUT2D eigenvalue weighted by molar-refractivity contribution is 5.69. The second-order valence-electron chi connectivity index (χ2n) is 4.80. The number of ether oxygens (including phenoxy) is 2. The van der Waals surface area contributed by atoms with Gasteiger partial charge < -0.3 is 14.8 Å². The Balaban J connectivity index is 2.58. The third-order valence-electron chi connectivity index (χ3n) is 3.19. The lowest BCUT2D eigenvalue weighted by atomic mass is 9.91. The Morgan fingerprint density at radius 3 is 2.80 bits per heavy atom. The fourth-order valence-corrected chi connectivity index (χ4v) is 2.44. The number of alkyl carbamates (subject to hydrolysis) is 1. The molecule has 7 nitrogen and oxygen atoms in total. The van der Waals surface area contributed by atoms with Crippen LogP contribution in [0.5, 0.6) is 0 Å². The van der Waals surface area contributed by atoms with E-state index in [0.717, 1.165) is 0 Å². The number of amides is 1. The van der Waals surface area contributed by atoms with Gasteiger partial charge in [0.05, 0.1) is 26.3 Å². The van der Waals surface area contributed by atoms with Crippen LogP contribution in [0.1, 0.15) is 19.8 Å². The van der Waals surface area contributed by atoms with Crippen LogP contribution in [-0.4, -0.2) is 56.4 Å². The molecular formula is C13H21N3O4. The number of nitriles is 1. The summed E-state index contributed by atoms with van der Waals surface area (Å²) in [4.78, 5) is 24.7. The highest BCUT2D eigenvalue weighted by Gasteiger charge is 2.29. The summed E-state index contributed by atoms with van der Waals surface area (Å²) in [7, 11) is 1.35. The van der Waals surface area contributed by atoms with Crippen LogP contribution in [0.2, 0.25) is 0 Å². The van der Waals surface area contributed by atoms with E-state index in [4.69, 9.17) is 10.00 Å². The van der Waals surface area contributed by atoms with Crippen molar-refractivity contribution < 1.29 is 19.1 Å². The third kappa shape index (κ3) is 5.45. The largest absolute Gasteiger partial charge is 0.469 e. The second kappa shape index (κ2) is 8.38. The molecule has 1 aliphatic heterocycles. The normalized spacial score (nSPS) is 22.6. The van der Waals surface area contributed by atoms with Gasteiger partial charge in [0.2, 0.25) is 0 Å². The van der Waals surface area contributed by atoms with E-state index in [2.05, 4.69) is 16.1 Å². The molecule has 112 valence electrons. The predicted octanol–water partition coefficient (Wildman–Crippen LogP) is 0.510. The molecule has 0 aromatic carbocycles. The highest BCUT2D eigenvalue weighted by atomic mass is 16.5. The number of methoxy groups -OCH3 is 1. The Morgan fingerprint density at radius 1 is 1.45 bits per heavy atom. The number of carbonyl (C=O) groups excluding carboxylic acids is 2. The van der Waals surface area contributed by atoms with Gasteiger partial charge in [-0.25, -0.2) is 4.79 Å². The molecule has 0 aromatic rings. The quantitative estimate of drug-likeness (QED) is 0.584. The van der Waals surface area contributed by atoms with Crippen molar-refractivity contribution in [1.29, 1.82) is 5.26 Å². The smallest absolute Gasteiger partial charge is 0.407 e. The van der Waals surface area contributed by atoms with E-state index in [9.17, 15) is 9.59 Å². The second-order valence-corrected chi connectivity index (χ2v) is 4.80. The highest BCUT2D eigenvalue weighted by Crippen LogP contribution is 2.20. The first kappa shape index (κ1) is 16.2. The van der Waals surface area contributed by atoms with Crippen molar-refractivity contribution in [2.24, 2.45) is 5.92 Å². The average Bonchev–Trinajstić information content (AvgIpc) is 2.38. The van der Waals surface area contributed by atoms with Crippen LogP contribution in [0.15, 0.2) is 0 Å². The summed E-state index contributed by atoms with van der Waals surface area (Å²) in [6.45, 7) is 3.57. The van der Waals surface area contributed by atoms with E-state index >= 15 is 0 Å². The van der Waals surface area contributed by atoms with Gasteiger partial charge in [-0.3, -0.25) is 9.69 Å². The molecule has 1 rings (SSSR count). The topological polar surface area (TPSA) is 91.7 Å². The number of piperidine rings is 1. The lowest BCUT2D eigenvalue weighted by Gasteiger charge is -2.36. The van der Waals surface area contributed by atoms with E-state index in [1.807, 2.05) is 4.90 Å². The molecule has 1 aliphatic rings. The van der Waals surface area contributed by atoms with Crippen molar-refractivity contribution in [2.75, 3.05) is 33.4 Å². The van der Waals surface area contributed by atoms with E-state index < -0.39 is 6.09 Å². The number of nitrogens with one attached hydrogen (secondary N) is 1. The lowest BCUT2D eigenvalue weighted by molar-refractivity contribution is -0.142. The number of nitrogens with zero attached hydrogens (tertiary/aromatic N) is 2. The summed E-state index contributed by atoms with van der Waals surface area (Å²) < 4.78 is 9.52. The van der Waals surface area contributed by atoms with E-state index in [0.29, 0.717) is 32.5 Å². The van der Waals surface area contributed by atoms with E-state index in [1.165, 1.54) is 7.11 Å². The molecule has 0 aliphatic carbocycles. The maximum Gasteiger partial charge on any atom is 0.407 e. The molecule has 1 heterocycles. The summed E-state index contributed by atoms with van der Waals surface area (Å²) in [6, 6.07) is 1.97. The van der Waals surface area contributed by atoms with Gasteiger partial charge in [0.15, 0.2) is 0 Å². The lowest BCUT2D eigenvalue weighted by Crippen LogP contribution is -2.51. The first-order valence-electron chi connectivity index (χ1n) is 6.68. The van der Waals surface area contributed by atoms with E-state index in [-0.39, 0.29) is 24.5 Å². The molecule has 1 amide bonds. The van der Waals surface area contributed by atoms with Crippen molar-refractivity contribution in [3.63, 3.8) is 0 Å².